The van der Waals surface area contributed by atoms with Crippen molar-refractivity contribution in [1.82, 2.24) is 20.4 Å². The molecule has 0 aliphatic carbocycles. The van der Waals surface area contributed by atoms with E-state index in [-0.39, 0.29) is 12.5 Å². The summed E-state index contributed by atoms with van der Waals surface area (Å²) in [7, 11) is 0. The smallest absolute Gasteiger partial charge is 0.251 e. The third-order valence-electron chi connectivity index (χ3n) is 2.01. The fourth-order valence-corrected chi connectivity index (χ4v) is 1.26. The number of hydrogen-bond donors (Lipinski definition) is 2. The summed E-state index contributed by atoms with van der Waals surface area (Å²) in [5, 5.41) is 6.25. The predicted octanol–water partition coefficient (Wildman–Crippen LogP) is 0.285. The first kappa shape index (κ1) is 11.1. The van der Waals surface area contributed by atoms with Crippen LogP contribution in [0.25, 0.3) is 0 Å². The highest BCUT2D eigenvalue weighted by atomic mass is 16.5. The predicted molar refractivity (Wildman–Crippen MR) is 58.9 cm³/mol. The van der Waals surface area contributed by atoms with Crippen LogP contribution in [0.3, 0.4) is 0 Å². The first-order valence-corrected chi connectivity index (χ1v) is 4.94. The number of aromatic nitrogens is 3. The minimum absolute atomic E-state index is 0.182. The lowest BCUT2D eigenvalue weighted by molar-refractivity contribution is 0.0946. The number of hydrogen-bond acceptors (Lipinski definition) is 6. The minimum atomic E-state index is -0.269. The van der Waals surface area contributed by atoms with Crippen molar-refractivity contribution in [1.29, 1.82) is 0 Å². The zero-order valence-corrected chi connectivity index (χ0v) is 9.17. The van der Waals surface area contributed by atoms with Crippen LogP contribution >= 0.6 is 0 Å². The molecule has 0 aliphatic rings. The summed E-state index contributed by atoms with van der Waals surface area (Å²) in [4.78, 5) is 19.5. The van der Waals surface area contributed by atoms with Crippen molar-refractivity contribution < 1.29 is 9.32 Å². The third-order valence-corrected chi connectivity index (χ3v) is 2.01. The summed E-state index contributed by atoms with van der Waals surface area (Å²) in [6.45, 7) is 1.89. The third kappa shape index (κ3) is 2.77. The van der Waals surface area contributed by atoms with Gasteiger partial charge in [0.05, 0.1) is 6.54 Å². The van der Waals surface area contributed by atoms with Crippen molar-refractivity contribution >= 4 is 11.7 Å². The van der Waals surface area contributed by atoms with Gasteiger partial charge in [-0.1, -0.05) is 5.16 Å². The lowest BCUT2D eigenvalue weighted by Crippen LogP contribution is -2.23. The Balaban J connectivity index is 1.98. The van der Waals surface area contributed by atoms with Crippen LogP contribution in [0.15, 0.2) is 22.9 Å². The number of carbonyl (C=O) groups excluding carboxylic acids is 1. The Morgan fingerprint density at radius 2 is 2.41 bits per heavy atom. The van der Waals surface area contributed by atoms with E-state index in [2.05, 4.69) is 20.4 Å². The SMILES string of the molecule is Cc1noc(CNC(=O)c2ccnc(N)c2)n1. The van der Waals surface area contributed by atoms with Crippen LogP contribution in [0.2, 0.25) is 0 Å². The summed E-state index contributed by atoms with van der Waals surface area (Å²) in [6.07, 6.45) is 1.47. The van der Waals surface area contributed by atoms with E-state index in [1.54, 1.807) is 13.0 Å². The molecule has 0 aromatic carbocycles. The van der Waals surface area contributed by atoms with Gasteiger partial charge >= 0.3 is 0 Å². The second kappa shape index (κ2) is 4.60. The molecule has 0 radical (unpaired) electrons. The maximum atomic E-state index is 11.7. The maximum absolute atomic E-state index is 11.7. The minimum Gasteiger partial charge on any atom is -0.384 e. The molecule has 2 aromatic rings. The molecule has 2 rings (SSSR count). The number of nitrogen functional groups attached to an aromatic ring is 1. The Morgan fingerprint density at radius 3 is 3.06 bits per heavy atom. The number of nitrogens with two attached hydrogens (primary N) is 1. The van der Waals surface area contributed by atoms with E-state index < -0.39 is 0 Å². The number of aryl methyl sites for hydroxylation is 1. The van der Waals surface area contributed by atoms with Crippen LogP contribution in [0.1, 0.15) is 22.1 Å². The first-order valence-electron chi connectivity index (χ1n) is 4.94. The second-order valence-electron chi connectivity index (χ2n) is 3.39. The molecule has 0 aliphatic heterocycles. The van der Waals surface area contributed by atoms with E-state index in [0.717, 1.165) is 0 Å². The summed E-state index contributed by atoms with van der Waals surface area (Å²) < 4.78 is 4.86. The van der Waals surface area contributed by atoms with Crippen molar-refractivity contribution in [2.45, 2.75) is 13.5 Å². The Bertz CT molecular complexity index is 537. The molecule has 2 aromatic heterocycles. The summed E-state index contributed by atoms with van der Waals surface area (Å²) in [5.41, 5.74) is 5.91. The van der Waals surface area contributed by atoms with E-state index in [1.165, 1.54) is 12.3 Å². The Hall–Kier alpha value is -2.44. The van der Waals surface area contributed by atoms with Crippen LogP contribution in [-0.4, -0.2) is 21.0 Å². The number of pyridine rings is 1. The number of rotatable bonds is 3. The van der Waals surface area contributed by atoms with Gasteiger partial charge < -0.3 is 15.6 Å². The molecule has 3 N–H and O–H groups in total. The van der Waals surface area contributed by atoms with Crippen LogP contribution < -0.4 is 11.1 Å². The first-order chi connectivity index (χ1) is 8.15. The monoisotopic (exact) mass is 233 g/mol. The summed E-state index contributed by atoms with van der Waals surface area (Å²) in [6, 6.07) is 3.07. The molecule has 0 spiro atoms. The fraction of sp³-hybridized carbons (Fsp3) is 0.200. The average molecular weight is 233 g/mol. The fourth-order valence-electron chi connectivity index (χ4n) is 1.26. The van der Waals surface area contributed by atoms with Crippen molar-refractivity contribution in [3.05, 3.63) is 35.6 Å². The molecule has 0 unspecified atom stereocenters. The zero-order chi connectivity index (χ0) is 12.3. The van der Waals surface area contributed by atoms with Crippen LogP contribution in [0, 0.1) is 6.92 Å². The molecule has 7 heteroatoms. The highest BCUT2D eigenvalue weighted by molar-refractivity contribution is 5.94. The van der Waals surface area contributed by atoms with Gasteiger partial charge in [-0.05, 0) is 19.1 Å². The standard InChI is InChI=1S/C10H11N5O2/c1-6-14-9(17-15-6)5-13-10(16)7-2-3-12-8(11)4-7/h2-4H,5H2,1H3,(H2,11,12)(H,13,16). The van der Waals surface area contributed by atoms with Crippen LogP contribution in [0.5, 0.6) is 0 Å². The molecular formula is C10H11N5O2. The highest BCUT2D eigenvalue weighted by Gasteiger charge is 2.08. The molecule has 17 heavy (non-hydrogen) atoms. The van der Waals surface area contributed by atoms with E-state index >= 15 is 0 Å². The zero-order valence-electron chi connectivity index (χ0n) is 9.17. The molecule has 0 bridgehead atoms. The second-order valence-corrected chi connectivity index (χ2v) is 3.39. The van der Waals surface area contributed by atoms with Crippen LogP contribution in [0.4, 0.5) is 5.82 Å². The normalized spacial score (nSPS) is 10.2. The Labute approximate surface area is 97.0 Å². The number of carbonyl (C=O) groups is 1. The largest absolute Gasteiger partial charge is 0.384 e. The van der Waals surface area contributed by atoms with Crippen molar-refractivity contribution in [2.24, 2.45) is 0 Å². The Kier molecular flexibility index (Phi) is 2.99. The number of nitrogens with one attached hydrogen (secondary N) is 1. The van der Waals surface area contributed by atoms with Gasteiger partial charge in [0.1, 0.15) is 5.82 Å². The quantitative estimate of drug-likeness (QED) is 0.788. The molecular weight excluding hydrogens is 222 g/mol. The highest BCUT2D eigenvalue weighted by Crippen LogP contribution is 2.03. The molecule has 2 heterocycles. The number of anilines is 1. The lowest BCUT2D eigenvalue weighted by Gasteiger charge is -2.02. The number of amides is 1. The van der Waals surface area contributed by atoms with Crippen molar-refractivity contribution in [3.8, 4) is 0 Å². The van der Waals surface area contributed by atoms with E-state index in [0.29, 0.717) is 23.1 Å². The van der Waals surface area contributed by atoms with Gasteiger partial charge in [0.2, 0.25) is 5.89 Å². The van der Waals surface area contributed by atoms with Gasteiger partial charge in [-0.15, -0.1) is 0 Å². The summed E-state index contributed by atoms with van der Waals surface area (Å²) >= 11 is 0. The van der Waals surface area contributed by atoms with Crippen molar-refractivity contribution in [3.63, 3.8) is 0 Å². The molecule has 0 atom stereocenters. The number of nitrogens with zero attached hydrogens (tertiary/aromatic N) is 3. The van der Waals surface area contributed by atoms with Gasteiger partial charge in [0, 0.05) is 11.8 Å². The topological polar surface area (TPSA) is 107 Å². The molecule has 7 nitrogen and oxygen atoms in total. The van der Waals surface area contributed by atoms with Gasteiger partial charge in [-0.2, -0.15) is 4.98 Å². The van der Waals surface area contributed by atoms with Gasteiger partial charge in [-0.3, -0.25) is 4.79 Å². The van der Waals surface area contributed by atoms with Gasteiger partial charge in [-0.25, -0.2) is 4.98 Å². The average Bonchev–Trinajstić information content (AvgIpc) is 2.72. The van der Waals surface area contributed by atoms with E-state index in [1.807, 2.05) is 0 Å². The lowest BCUT2D eigenvalue weighted by atomic mass is 10.2. The van der Waals surface area contributed by atoms with E-state index in [9.17, 15) is 4.79 Å². The molecule has 0 saturated heterocycles. The van der Waals surface area contributed by atoms with Crippen LogP contribution in [-0.2, 0) is 6.54 Å². The molecule has 0 saturated carbocycles. The van der Waals surface area contributed by atoms with E-state index in [4.69, 9.17) is 10.3 Å². The van der Waals surface area contributed by atoms with Gasteiger partial charge in [0.15, 0.2) is 5.82 Å². The molecule has 0 fully saturated rings. The maximum Gasteiger partial charge on any atom is 0.251 e. The summed E-state index contributed by atoms with van der Waals surface area (Å²) in [5.74, 6) is 0.918. The van der Waals surface area contributed by atoms with Crippen molar-refractivity contribution in [2.75, 3.05) is 5.73 Å². The molecule has 1 amide bonds. The Morgan fingerprint density at radius 1 is 1.59 bits per heavy atom. The van der Waals surface area contributed by atoms with Gasteiger partial charge in [0.25, 0.3) is 5.91 Å². The molecule has 88 valence electrons.